The van der Waals surface area contributed by atoms with Crippen LogP contribution >= 0.6 is 11.6 Å². The number of nitrogens with two attached hydrogens (primary N) is 2. The first-order valence-electron chi connectivity index (χ1n) is 5.12. The fourth-order valence-corrected chi connectivity index (χ4v) is 1.48. The lowest BCUT2D eigenvalue weighted by atomic mass is 10.2. The van der Waals surface area contributed by atoms with E-state index in [9.17, 15) is 9.59 Å². The Balaban J connectivity index is 2.52. The SMILES string of the molecule is NC(=O)CCCNC(=O)c1cc(N)ccc1Cl. The Morgan fingerprint density at radius 3 is 2.71 bits per heavy atom. The first-order valence-corrected chi connectivity index (χ1v) is 5.50. The molecule has 0 aliphatic heterocycles. The van der Waals surface area contributed by atoms with Gasteiger partial charge in [0.25, 0.3) is 5.91 Å². The molecule has 92 valence electrons. The summed E-state index contributed by atoms with van der Waals surface area (Å²) >= 11 is 5.86. The molecule has 6 heteroatoms. The van der Waals surface area contributed by atoms with E-state index in [1.165, 1.54) is 6.07 Å². The zero-order valence-corrected chi connectivity index (χ0v) is 9.96. The van der Waals surface area contributed by atoms with Gasteiger partial charge < -0.3 is 16.8 Å². The molecule has 2 amide bonds. The smallest absolute Gasteiger partial charge is 0.252 e. The topological polar surface area (TPSA) is 98.2 Å². The van der Waals surface area contributed by atoms with Gasteiger partial charge in [0.2, 0.25) is 5.91 Å². The molecule has 0 saturated heterocycles. The summed E-state index contributed by atoms with van der Waals surface area (Å²) in [7, 11) is 0. The molecule has 1 rings (SSSR count). The standard InChI is InChI=1S/C11H14ClN3O2/c12-9-4-3-7(13)6-8(9)11(17)15-5-1-2-10(14)16/h3-4,6H,1-2,5,13H2,(H2,14,16)(H,15,17). The third-order valence-corrected chi connectivity index (χ3v) is 2.45. The lowest BCUT2D eigenvalue weighted by molar-refractivity contribution is -0.118. The summed E-state index contributed by atoms with van der Waals surface area (Å²) in [6.45, 7) is 0.368. The minimum atomic E-state index is -0.388. The highest BCUT2D eigenvalue weighted by molar-refractivity contribution is 6.34. The van der Waals surface area contributed by atoms with Gasteiger partial charge in [0.15, 0.2) is 0 Å². The first-order chi connectivity index (χ1) is 8.00. The summed E-state index contributed by atoms with van der Waals surface area (Å²) in [5.41, 5.74) is 11.3. The number of amides is 2. The molecule has 0 spiro atoms. The molecule has 0 unspecified atom stereocenters. The van der Waals surface area contributed by atoms with E-state index in [4.69, 9.17) is 23.1 Å². The average Bonchev–Trinajstić information content (AvgIpc) is 2.27. The highest BCUT2D eigenvalue weighted by atomic mass is 35.5. The summed E-state index contributed by atoms with van der Waals surface area (Å²) in [5.74, 6) is -0.701. The van der Waals surface area contributed by atoms with Crippen LogP contribution in [0.1, 0.15) is 23.2 Å². The molecule has 5 nitrogen and oxygen atoms in total. The van der Waals surface area contributed by atoms with Crippen LogP contribution in [0, 0.1) is 0 Å². The highest BCUT2D eigenvalue weighted by Gasteiger charge is 2.09. The Kier molecular flexibility index (Phi) is 4.78. The van der Waals surface area contributed by atoms with E-state index in [1.807, 2.05) is 0 Å². The molecular formula is C11H14ClN3O2. The number of nitrogen functional groups attached to an aromatic ring is 1. The predicted octanol–water partition coefficient (Wildman–Crippen LogP) is 0.917. The van der Waals surface area contributed by atoms with Crippen LogP contribution in [0.2, 0.25) is 5.02 Å². The van der Waals surface area contributed by atoms with Gasteiger partial charge in [0, 0.05) is 18.7 Å². The lowest BCUT2D eigenvalue weighted by Crippen LogP contribution is -2.26. The minimum Gasteiger partial charge on any atom is -0.399 e. The minimum absolute atomic E-state index is 0.241. The van der Waals surface area contributed by atoms with Gasteiger partial charge in [-0.2, -0.15) is 0 Å². The summed E-state index contributed by atoms with van der Waals surface area (Å²) in [6, 6.07) is 4.69. The van der Waals surface area contributed by atoms with Gasteiger partial charge in [-0.1, -0.05) is 11.6 Å². The van der Waals surface area contributed by atoms with Gasteiger partial charge in [0.1, 0.15) is 0 Å². The highest BCUT2D eigenvalue weighted by Crippen LogP contribution is 2.18. The van der Waals surface area contributed by atoms with Gasteiger partial charge in [0.05, 0.1) is 10.6 Å². The first kappa shape index (κ1) is 13.3. The molecule has 0 atom stereocenters. The normalized spacial score (nSPS) is 9.94. The summed E-state index contributed by atoms with van der Waals surface area (Å²) in [6.07, 6.45) is 0.742. The number of carbonyl (C=O) groups excluding carboxylic acids is 2. The van der Waals surface area contributed by atoms with Crippen molar-refractivity contribution in [2.75, 3.05) is 12.3 Å². The van der Waals surface area contributed by atoms with Crippen molar-refractivity contribution in [1.29, 1.82) is 0 Å². The van der Waals surface area contributed by atoms with E-state index in [-0.39, 0.29) is 18.2 Å². The number of benzene rings is 1. The van der Waals surface area contributed by atoms with Gasteiger partial charge in [-0.05, 0) is 24.6 Å². The zero-order chi connectivity index (χ0) is 12.8. The zero-order valence-electron chi connectivity index (χ0n) is 9.20. The second kappa shape index (κ2) is 6.10. The number of nitrogens with one attached hydrogen (secondary N) is 1. The fraction of sp³-hybridized carbons (Fsp3) is 0.273. The van der Waals surface area contributed by atoms with Crippen LogP contribution in [0.5, 0.6) is 0 Å². The van der Waals surface area contributed by atoms with Crippen molar-refractivity contribution < 1.29 is 9.59 Å². The number of carbonyl (C=O) groups is 2. The molecule has 0 bridgehead atoms. The Labute approximate surface area is 104 Å². The van der Waals surface area contributed by atoms with Crippen LogP contribution in [0.15, 0.2) is 18.2 Å². The summed E-state index contributed by atoms with van der Waals surface area (Å²) in [4.78, 5) is 22.2. The maximum Gasteiger partial charge on any atom is 0.252 e. The number of hydrogen-bond acceptors (Lipinski definition) is 3. The summed E-state index contributed by atoms with van der Waals surface area (Å²) < 4.78 is 0. The monoisotopic (exact) mass is 255 g/mol. The second-order valence-electron chi connectivity index (χ2n) is 3.57. The molecular weight excluding hydrogens is 242 g/mol. The summed E-state index contributed by atoms with van der Waals surface area (Å²) in [5, 5.41) is 2.98. The maximum atomic E-state index is 11.7. The van der Waals surface area contributed by atoms with E-state index >= 15 is 0 Å². The maximum absolute atomic E-state index is 11.7. The Bertz CT molecular complexity index is 435. The predicted molar refractivity (Wildman–Crippen MR) is 66.6 cm³/mol. The van der Waals surface area contributed by atoms with Crippen LogP contribution < -0.4 is 16.8 Å². The van der Waals surface area contributed by atoms with Crippen LogP contribution in [0.3, 0.4) is 0 Å². The number of anilines is 1. The van der Waals surface area contributed by atoms with Crippen LogP contribution in [-0.4, -0.2) is 18.4 Å². The van der Waals surface area contributed by atoms with E-state index in [0.717, 1.165) is 0 Å². The van der Waals surface area contributed by atoms with Gasteiger partial charge in [-0.3, -0.25) is 9.59 Å². The molecule has 17 heavy (non-hydrogen) atoms. The third kappa shape index (κ3) is 4.32. The van der Waals surface area contributed by atoms with Crippen molar-refractivity contribution in [1.82, 2.24) is 5.32 Å². The molecule has 0 fully saturated rings. The number of rotatable bonds is 5. The Hall–Kier alpha value is -1.75. The van der Waals surface area contributed by atoms with Gasteiger partial charge in [-0.15, -0.1) is 0 Å². The molecule has 5 N–H and O–H groups in total. The average molecular weight is 256 g/mol. The Morgan fingerprint density at radius 2 is 2.06 bits per heavy atom. The molecule has 0 aliphatic rings. The van der Waals surface area contributed by atoms with E-state index in [0.29, 0.717) is 29.2 Å². The largest absolute Gasteiger partial charge is 0.399 e. The van der Waals surface area contributed by atoms with Crippen molar-refractivity contribution in [2.45, 2.75) is 12.8 Å². The quantitative estimate of drug-likeness (QED) is 0.539. The number of halogens is 1. The van der Waals surface area contributed by atoms with Crippen molar-refractivity contribution in [2.24, 2.45) is 5.73 Å². The van der Waals surface area contributed by atoms with Crippen LogP contribution in [0.25, 0.3) is 0 Å². The number of primary amides is 1. The van der Waals surface area contributed by atoms with Gasteiger partial charge >= 0.3 is 0 Å². The van der Waals surface area contributed by atoms with E-state index < -0.39 is 0 Å². The van der Waals surface area contributed by atoms with E-state index in [2.05, 4.69) is 5.32 Å². The molecule has 0 radical (unpaired) electrons. The molecule has 0 heterocycles. The van der Waals surface area contributed by atoms with E-state index in [1.54, 1.807) is 12.1 Å². The van der Waals surface area contributed by atoms with Crippen LogP contribution in [-0.2, 0) is 4.79 Å². The van der Waals surface area contributed by atoms with Crippen molar-refractivity contribution >= 4 is 29.1 Å². The third-order valence-electron chi connectivity index (χ3n) is 2.12. The Morgan fingerprint density at radius 1 is 1.35 bits per heavy atom. The number of hydrogen-bond donors (Lipinski definition) is 3. The second-order valence-corrected chi connectivity index (χ2v) is 3.97. The van der Waals surface area contributed by atoms with Crippen molar-refractivity contribution in [3.8, 4) is 0 Å². The molecule has 0 saturated carbocycles. The van der Waals surface area contributed by atoms with Crippen molar-refractivity contribution in [3.05, 3.63) is 28.8 Å². The fourth-order valence-electron chi connectivity index (χ4n) is 1.28. The van der Waals surface area contributed by atoms with Gasteiger partial charge in [-0.25, -0.2) is 0 Å². The van der Waals surface area contributed by atoms with Crippen LogP contribution in [0.4, 0.5) is 5.69 Å². The molecule has 0 aromatic heterocycles. The molecule has 1 aromatic rings. The molecule has 1 aromatic carbocycles. The lowest BCUT2D eigenvalue weighted by Gasteiger charge is -2.06. The van der Waals surface area contributed by atoms with Crippen molar-refractivity contribution in [3.63, 3.8) is 0 Å². The molecule has 0 aliphatic carbocycles.